The van der Waals surface area contributed by atoms with Gasteiger partial charge in [-0.1, -0.05) is 12.6 Å². The summed E-state index contributed by atoms with van der Waals surface area (Å²) >= 11 is 0. The highest BCUT2D eigenvalue weighted by Crippen LogP contribution is 2.39. The highest BCUT2D eigenvalue weighted by Gasteiger charge is 2.29. The number of likely N-dealkylation sites (tertiary alicyclic amines) is 1. The average Bonchev–Trinajstić information content (AvgIpc) is 3.50. The maximum atomic E-state index is 12.1. The van der Waals surface area contributed by atoms with Gasteiger partial charge in [0.1, 0.15) is 0 Å². The van der Waals surface area contributed by atoms with E-state index in [0.29, 0.717) is 23.9 Å². The molecule has 1 aliphatic rings. The summed E-state index contributed by atoms with van der Waals surface area (Å²) in [5, 5.41) is 0. The molecule has 166 valence electrons. The first-order valence-electron chi connectivity index (χ1n) is 10.8. The number of methoxy groups -OCH3 is 1. The van der Waals surface area contributed by atoms with Gasteiger partial charge in [0.2, 0.25) is 11.8 Å². The van der Waals surface area contributed by atoms with Gasteiger partial charge in [0.05, 0.1) is 24.6 Å². The molecule has 0 aliphatic carbocycles. The fourth-order valence-electron chi connectivity index (χ4n) is 4.40. The number of benzene rings is 1. The van der Waals surface area contributed by atoms with E-state index in [1.165, 1.54) is 11.6 Å². The molecule has 0 spiro atoms. The van der Waals surface area contributed by atoms with Crippen molar-refractivity contribution in [3.63, 3.8) is 0 Å². The average molecular weight is 441 g/mol. The van der Waals surface area contributed by atoms with Gasteiger partial charge in [-0.3, -0.25) is 4.79 Å². The first-order valence-corrected chi connectivity index (χ1v) is 10.8. The van der Waals surface area contributed by atoms with Crippen LogP contribution in [-0.4, -0.2) is 45.4 Å². The number of fused-ring (bicyclic) bond motifs is 1. The molecule has 4 aromatic rings. The van der Waals surface area contributed by atoms with Crippen molar-refractivity contribution >= 4 is 11.4 Å². The number of carbonyl (C=O) groups excluding carboxylic acids is 1. The molecule has 1 amide bonds. The molecular weight excluding hydrogens is 416 g/mol. The number of hydrogen-bond acceptors (Lipinski definition) is 5. The van der Waals surface area contributed by atoms with Crippen LogP contribution < -0.4 is 9.47 Å². The summed E-state index contributed by atoms with van der Waals surface area (Å²) in [6.07, 6.45) is 7.61. The molecule has 1 atom stereocenters. The van der Waals surface area contributed by atoms with Crippen LogP contribution in [0.4, 0.5) is 0 Å². The Balaban J connectivity index is 1.51. The summed E-state index contributed by atoms with van der Waals surface area (Å²) in [5.74, 6) is 1.95. The minimum Gasteiger partial charge on any atom is -0.493 e. The van der Waals surface area contributed by atoms with Gasteiger partial charge < -0.3 is 18.8 Å². The van der Waals surface area contributed by atoms with Crippen LogP contribution in [0.2, 0.25) is 0 Å². The minimum absolute atomic E-state index is 0.0175. The topological polar surface area (TPSA) is 69.0 Å². The van der Waals surface area contributed by atoms with Crippen molar-refractivity contribution in [3.8, 4) is 28.6 Å². The molecular formula is C26H24N4O3. The highest BCUT2D eigenvalue weighted by atomic mass is 16.5. The van der Waals surface area contributed by atoms with Crippen molar-refractivity contribution in [2.75, 3.05) is 20.2 Å². The van der Waals surface area contributed by atoms with Gasteiger partial charge in [-0.15, -0.1) is 0 Å². The normalized spacial score (nSPS) is 15.5. The Labute approximate surface area is 191 Å². The summed E-state index contributed by atoms with van der Waals surface area (Å²) in [6.45, 7) is 5.04. The first kappa shape index (κ1) is 20.8. The molecule has 0 N–H and O–H groups in total. The number of amides is 1. The van der Waals surface area contributed by atoms with Gasteiger partial charge in [0.25, 0.3) is 0 Å². The van der Waals surface area contributed by atoms with E-state index in [4.69, 9.17) is 9.47 Å². The predicted molar refractivity (Wildman–Crippen MR) is 126 cm³/mol. The molecule has 0 saturated carbocycles. The van der Waals surface area contributed by atoms with E-state index in [0.717, 1.165) is 29.7 Å². The van der Waals surface area contributed by atoms with E-state index in [1.807, 2.05) is 47.6 Å². The Morgan fingerprint density at radius 2 is 2.06 bits per heavy atom. The van der Waals surface area contributed by atoms with Crippen molar-refractivity contribution in [2.45, 2.75) is 12.3 Å². The van der Waals surface area contributed by atoms with Crippen LogP contribution in [0.1, 0.15) is 17.9 Å². The molecule has 7 heteroatoms. The van der Waals surface area contributed by atoms with Crippen LogP contribution in [0.25, 0.3) is 16.8 Å². The summed E-state index contributed by atoms with van der Waals surface area (Å²) in [5.41, 5.74) is 4.28. The molecule has 1 aliphatic heterocycles. The lowest BCUT2D eigenvalue weighted by molar-refractivity contribution is -0.125. The molecule has 1 saturated heterocycles. The molecule has 0 bridgehead atoms. The smallest absolute Gasteiger partial charge is 0.245 e. The lowest BCUT2D eigenvalue weighted by Gasteiger charge is -2.13. The van der Waals surface area contributed by atoms with E-state index in [9.17, 15) is 4.79 Å². The first-order chi connectivity index (χ1) is 16.2. The SMILES string of the molecule is C=CC(=O)N1CCC(c2cc(-c3ccc(Oc4ccccn4)c(OC)c3)n3cnccc23)C1. The molecule has 1 aromatic carbocycles. The van der Waals surface area contributed by atoms with Crippen LogP contribution in [0.15, 0.2) is 79.9 Å². The van der Waals surface area contributed by atoms with Crippen LogP contribution >= 0.6 is 0 Å². The van der Waals surface area contributed by atoms with E-state index in [2.05, 4.69) is 27.0 Å². The largest absolute Gasteiger partial charge is 0.493 e. The number of carbonyl (C=O) groups is 1. The second-order valence-electron chi connectivity index (χ2n) is 7.93. The number of nitrogens with zero attached hydrogens (tertiary/aromatic N) is 4. The van der Waals surface area contributed by atoms with Crippen LogP contribution in [0.5, 0.6) is 17.4 Å². The predicted octanol–water partition coefficient (Wildman–Crippen LogP) is 4.70. The van der Waals surface area contributed by atoms with E-state index in [1.54, 1.807) is 25.6 Å². The second-order valence-corrected chi connectivity index (χ2v) is 7.93. The third-order valence-electron chi connectivity index (χ3n) is 6.03. The maximum absolute atomic E-state index is 12.1. The number of hydrogen-bond donors (Lipinski definition) is 0. The summed E-state index contributed by atoms with van der Waals surface area (Å²) < 4.78 is 13.6. The van der Waals surface area contributed by atoms with Crippen molar-refractivity contribution < 1.29 is 14.3 Å². The lowest BCUT2D eigenvalue weighted by atomic mass is 9.98. The van der Waals surface area contributed by atoms with Crippen LogP contribution in [-0.2, 0) is 4.79 Å². The molecule has 0 radical (unpaired) electrons. The third-order valence-corrected chi connectivity index (χ3v) is 6.03. The van der Waals surface area contributed by atoms with Crippen molar-refractivity contribution in [1.29, 1.82) is 0 Å². The molecule has 1 fully saturated rings. The zero-order valence-corrected chi connectivity index (χ0v) is 18.3. The summed E-state index contributed by atoms with van der Waals surface area (Å²) in [6, 6.07) is 15.6. The zero-order chi connectivity index (χ0) is 22.8. The molecule has 3 aromatic heterocycles. The van der Waals surface area contributed by atoms with E-state index >= 15 is 0 Å². The maximum Gasteiger partial charge on any atom is 0.245 e. The van der Waals surface area contributed by atoms with Crippen LogP contribution in [0, 0.1) is 0 Å². The minimum atomic E-state index is -0.0175. The van der Waals surface area contributed by atoms with Crippen molar-refractivity contribution in [1.82, 2.24) is 19.3 Å². The molecule has 1 unspecified atom stereocenters. The zero-order valence-electron chi connectivity index (χ0n) is 18.3. The number of rotatable bonds is 6. The van der Waals surface area contributed by atoms with Crippen molar-refractivity contribution in [2.24, 2.45) is 0 Å². The summed E-state index contributed by atoms with van der Waals surface area (Å²) in [7, 11) is 1.62. The number of ether oxygens (including phenoxy) is 2. The Bertz CT molecular complexity index is 1320. The number of pyridine rings is 1. The third kappa shape index (κ3) is 3.93. The van der Waals surface area contributed by atoms with Gasteiger partial charge in [-0.05, 0) is 54.5 Å². The highest BCUT2D eigenvalue weighted by molar-refractivity contribution is 5.87. The van der Waals surface area contributed by atoms with Gasteiger partial charge in [-0.2, -0.15) is 0 Å². The fraction of sp³-hybridized carbons (Fsp3) is 0.192. The Kier molecular flexibility index (Phi) is 5.52. The quantitative estimate of drug-likeness (QED) is 0.407. The second kappa shape index (κ2) is 8.78. The molecule has 5 rings (SSSR count). The Morgan fingerprint density at radius 1 is 1.15 bits per heavy atom. The fourth-order valence-corrected chi connectivity index (χ4v) is 4.40. The van der Waals surface area contributed by atoms with E-state index < -0.39 is 0 Å². The van der Waals surface area contributed by atoms with Gasteiger partial charge >= 0.3 is 0 Å². The lowest BCUT2D eigenvalue weighted by Crippen LogP contribution is -2.26. The monoisotopic (exact) mass is 440 g/mol. The van der Waals surface area contributed by atoms with Gasteiger partial charge in [-0.25, -0.2) is 9.97 Å². The molecule has 33 heavy (non-hydrogen) atoms. The standard InChI is InChI=1S/C26H24N4O3/c1-3-26(31)29-13-10-19(16-29)20-15-22(30-17-27-12-9-21(20)30)18-7-8-23(24(14-18)32-2)33-25-6-4-5-11-28-25/h3-9,11-12,14-15,17,19H,1,10,13,16H2,2H3. The Morgan fingerprint density at radius 3 is 2.85 bits per heavy atom. The summed E-state index contributed by atoms with van der Waals surface area (Å²) in [4.78, 5) is 22.5. The van der Waals surface area contributed by atoms with E-state index in [-0.39, 0.29) is 11.8 Å². The molecule has 4 heterocycles. The Hall–Kier alpha value is -4.13. The van der Waals surface area contributed by atoms with Gasteiger partial charge in [0.15, 0.2) is 11.5 Å². The number of aromatic nitrogens is 3. The van der Waals surface area contributed by atoms with Crippen LogP contribution in [0.3, 0.4) is 0 Å². The van der Waals surface area contributed by atoms with Gasteiger partial charge in [0, 0.05) is 43.0 Å². The molecule has 7 nitrogen and oxygen atoms in total. The van der Waals surface area contributed by atoms with Crippen molar-refractivity contribution in [3.05, 3.63) is 85.5 Å².